The highest BCUT2D eigenvalue weighted by atomic mass is 32.2. The van der Waals surface area contributed by atoms with E-state index in [2.05, 4.69) is 0 Å². The van der Waals surface area contributed by atoms with Crippen LogP contribution in [0, 0.1) is 11.6 Å². The molecule has 128 valence electrons. The topological polar surface area (TPSA) is 57.7 Å². The quantitative estimate of drug-likeness (QED) is 0.819. The second kappa shape index (κ2) is 7.35. The van der Waals surface area contributed by atoms with Gasteiger partial charge in [0.25, 0.3) is 0 Å². The number of amides is 1. The number of unbranched alkanes of at least 4 members (excludes halogenated alkanes) is 1. The van der Waals surface area contributed by atoms with Crippen LogP contribution in [-0.4, -0.2) is 49.7 Å². The van der Waals surface area contributed by atoms with Gasteiger partial charge >= 0.3 is 0 Å². The molecule has 1 aromatic rings. The van der Waals surface area contributed by atoms with Gasteiger partial charge in [-0.1, -0.05) is 13.3 Å². The summed E-state index contributed by atoms with van der Waals surface area (Å²) in [4.78, 5) is 12.9. The molecule has 1 saturated heterocycles. The first-order valence-electron chi connectivity index (χ1n) is 7.59. The van der Waals surface area contributed by atoms with Crippen LogP contribution < -0.4 is 0 Å². The highest BCUT2D eigenvalue weighted by Crippen LogP contribution is 2.22. The minimum Gasteiger partial charge on any atom is -0.340 e. The van der Waals surface area contributed by atoms with Gasteiger partial charge in [0, 0.05) is 32.6 Å². The van der Waals surface area contributed by atoms with Gasteiger partial charge in [-0.05, 0) is 24.6 Å². The molecule has 0 aromatic heterocycles. The fourth-order valence-electron chi connectivity index (χ4n) is 2.48. The van der Waals surface area contributed by atoms with E-state index in [4.69, 9.17) is 0 Å². The van der Waals surface area contributed by atoms with E-state index in [1.54, 1.807) is 4.90 Å². The van der Waals surface area contributed by atoms with Gasteiger partial charge in [-0.25, -0.2) is 17.2 Å². The van der Waals surface area contributed by atoms with Gasteiger partial charge in [-0.15, -0.1) is 0 Å². The van der Waals surface area contributed by atoms with Crippen molar-refractivity contribution < 1.29 is 22.0 Å². The van der Waals surface area contributed by atoms with Crippen molar-refractivity contribution in [2.45, 2.75) is 31.1 Å². The van der Waals surface area contributed by atoms with E-state index in [0.717, 1.165) is 29.3 Å². The molecule has 1 aromatic carbocycles. The van der Waals surface area contributed by atoms with E-state index in [-0.39, 0.29) is 32.1 Å². The van der Waals surface area contributed by atoms with E-state index in [9.17, 15) is 22.0 Å². The lowest BCUT2D eigenvalue weighted by Gasteiger charge is -2.34. The summed E-state index contributed by atoms with van der Waals surface area (Å²) in [6.07, 6.45) is 2.16. The second-order valence-corrected chi connectivity index (χ2v) is 7.37. The number of sulfonamides is 1. The Hall–Kier alpha value is -1.54. The fourth-order valence-corrected chi connectivity index (χ4v) is 3.98. The molecule has 1 amide bonds. The van der Waals surface area contributed by atoms with Crippen LogP contribution in [0.5, 0.6) is 0 Å². The lowest BCUT2D eigenvalue weighted by molar-refractivity contribution is -0.132. The molecule has 5 nitrogen and oxygen atoms in total. The molecule has 1 aliphatic rings. The maximum atomic E-state index is 13.7. The van der Waals surface area contributed by atoms with Gasteiger partial charge in [-0.2, -0.15) is 4.31 Å². The van der Waals surface area contributed by atoms with E-state index in [1.165, 1.54) is 0 Å². The molecule has 1 fully saturated rings. The smallest absolute Gasteiger partial charge is 0.246 e. The van der Waals surface area contributed by atoms with Crippen molar-refractivity contribution in [3.63, 3.8) is 0 Å². The van der Waals surface area contributed by atoms with Gasteiger partial charge in [0.1, 0.15) is 16.5 Å². The Labute approximate surface area is 134 Å². The predicted octanol–water partition coefficient (Wildman–Crippen LogP) is 1.99. The van der Waals surface area contributed by atoms with Crippen LogP contribution in [-0.2, 0) is 14.8 Å². The number of benzene rings is 1. The Balaban J connectivity index is 2.07. The molecule has 0 unspecified atom stereocenters. The standard InChI is InChI=1S/C15H20F2N2O3S/c1-2-3-4-15(20)18-7-9-19(10-8-18)23(21,22)14-11-12(16)5-6-13(14)17/h5-6,11H,2-4,7-10H2,1H3. The average molecular weight is 346 g/mol. The Morgan fingerprint density at radius 2 is 1.83 bits per heavy atom. The summed E-state index contributed by atoms with van der Waals surface area (Å²) in [5, 5.41) is 0. The Morgan fingerprint density at radius 1 is 1.17 bits per heavy atom. The van der Waals surface area contributed by atoms with Gasteiger partial charge < -0.3 is 4.90 Å². The van der Waals surface area contributed by atoms with Crippen LogP contribution in [0.4, 0.5) is 8.78 Å². The first-order valence-corrected chi connectivity index (χ1v) is 9.03. The zero-order chi connectivity index (χ0) is 17.0. The highest BCUT2D eigenvalue weighted by Gasteiger charge is 2.32. The van der Waals surface area contributed by atoms with E-state index < -0.39 is 26.6 Å². The lowest BCUT2D eigenvalue weighted by atomic mass is 10.2. The van der Waals surface area contributed by atoms with Crippen molar-refractivity contribution >= 4 is 15.9 Å². The summed E-state index contributed by atoms with van der Waals surface area (Å²) in [6, 6.07) is 2.36. The molecule has 0 N–H and O–H groups in total. The fraction of sp³-hybridized carbons (Fsp3) is 0.533. The largest absolute Gasteiger partial charge is 0.340 e. The van der Waals surface area contributed by atoms with Crippen LogP contribution >= 0.6 is 0 Å². The molecule has 0 aliphatic carbocycles. The third kappa shape index (κ3) is 4.06. The van der Waals surface area contributed by atoms with Gasteiger partial charge in [0.15, 0.2) is 0 Å². The molecule has 1 aliphatic heterocycles. The highest BCUT2D eigenvalue weighted by molar-refractivity contribution is 7.89. The van der Waals surface area contributed by atoms with Gasteiger partial charge in [0.05, 0.1) is 0 Å². The zero-order valence-corrected chi connectivity index (χ0v) is 13.8. The number of halogens is 2. The van der Waals surface area contributed by atoms with Crippen LogP contribution in [0.2, 0.25) is 0 Å². The minimum absolute atomic E-state index is 0.000772. The molecule has 0 radical (unpaired) electrons. The molecule has 8 heteroatoms. The molecule has 0 atom stereocenters. The van der Waals surface area contributed by atoms with Crippen molar-refractivity contribution in [3.05, 3.63) is 29.8 Å². The molecule has 0 bridgehead atoms. The average Bonchev–Trinajstić information content (AvgIpc) is 2.54. The van der Waals surface area contributed by atoms with Crippen LogP contribution in [0.1, 0.15) is 26.2 Å². The second-order valence-electron chi connectivity index (χ2n) is 5.46. The van der Waals surface area contributed by atoms with Crippen molar-refractivity contribution in [3.8, 4) is 0 Å². The zero-order valence-electron chi connectivity index (χ0n) is 13.0. The molecular formula is C15H20F2N2O3S. The molecule has 0 saturated carbocycles. The molecule has 23 heavy (non-hydrogen) atoms. The van der Waals surface area contributed by atoms with Crippen molar-refractivity contribution in [2.75, 3.05) is 26.2 Å². The number of hydrogen-bond donors (Lipinski definition) is 0. The van der Waals surface area contributed by atoms with Crippen molar-refractivity contribution in [1.29, 1.82) is 0 Å². The Kier molecular flexibility index (Phi) is 5.69. The first-order chi connectivity index (χ1) is 10.9. The SMILES string of the molecule is CCCCC(=O)N1CCN(S(=O)(=O)c2cc(F)ccc2F)CC1. The number of hydrogen-bond acceptors (Lipinski definition) is 3. The number of rotatable bonds is 5. The number of nitrogens with zero attached hydrogens (tertiary/aromatic N) is 2. The molecule has 0 spiro atoms. The summed E-state index contributed by atoms with van der Waals surface area (Å²) >= 11 is 0. The van der Waals surface area contributed by atoms with E-state index in [0.29, 0.717) is 12.5 Å². The number of piperazine rings is 1. The summed E-state index contributed by atoms with van der Waals surface area (Å²) < 4.78 is 52.9. The van der Waals surface area contributed by atoms with Gasteiger partial charge in [0.2, 0.25) is 15.9 Å². The molecule has 2 rings (SSSR count). The summed E-state index contributed by atoms with van der Waals surface area (Å²) in [5.74, 6) is -1.79. The van der Waals surface area contributed by atoms with Crippen LogP contribution in [0.15, 0.2) is 23.1 Å². The normalized spacial score (nSPS) is 16.6. The number of carbonyl (C=O) groups is 1. The van der Waals surface area contributed by atoms with E-state index >= 15 is 0 Å². The third-order valence-electron chi connectivity index (χ3n) is 3.85. The monoisotopic (exact) mass is 346 g/mol. The first kappa shape index (κ1) is 17.8. The van der Waals surface area contributed by atoms with E-state index in [1.807, 2.05) is 6.92 Å². The maximum absolute atomic E-state index is 13.7. The minimum atomic E-state index is -4.10. The van der Waals surface area contributed by atoms with Crippen LogP contribution in [0.3, 0.4) is 0 Å². The summed E-state index contributed by atoms with van der Waals surface area (Å²) in [7, 11) is -4.10. The summed E-state index contributed by atoms with van der Waals surface area (Å²) in [6.45, 7) is 2.68. The van der Waals surface area contributed by atoms with Crippen molar-refractivity contribution in [2.24, 2.45) is 0 Å². The number of carbonyl (C=O) groups excluding carboxylic acids is 1. The molecular weight excluding hydrogens is 326 g/mol. The lowest BCUT2D eigenvalue weighted by Crippen LogP contribution is -2.50. The third-order valence-corrected chi connectivity index (χ3v) is 5.76. The summed E-state index contributed by atoms with van der Waals surface area (Å²) in [5.41, 5.74) is 0. The molecule has 1 heterocycles. The Bertz CT molecular complexity index is 671. The van der Waals surface area contributed by atoms with Gasteiger partial charge in [-0.3, -0.25) is 4.79 Å². The maximum Gasteiger partial charge on any atom is 0.246 e. The predicted molar refractivity (Wildman–Crippen MR) is 81.2 cm³/mol. The van der Waals surface area contributed by atoms with Crippen molar-refractivity contribution in [1.82, 2.24) is 9.21 Å². The Morgan fingerprint density at radius 3 is 2.43 bits per heavy atom. The van der Waals surface area contributed by atoms with Crippen LogP contribution in [0.25, 0.3) is 0 Å².